The molecule has 1 aromatic carbocycles. The van der Waals surface area contributed by atoms with Crippen LogP contribution in [0.4, 0.5) is 4.39 Å². The van der Waals surface area contributed by atoms with Gasteiger partial charge in [-0.2, -0.15) is 0 Å². The topological polar surface area (TPSA) is 37.4 Å². The lowest BCUT2D eigenvalue weighted by Gasteiger charge is -2.37. The quantitative estimate of drug-likeness (QED) is 0.849. The van der Waals surface area contributed by atoms with E-state index in [0.29, 0.717) is 12.1 Å². The van der Waals surface area contributed by atoms with Gasteiger partial charge in [0.15, 0.2) is 5.78 Å². The van der Waals surface area contributed by atoms with Crippen LogP contribution >= 0.6 is 11.8 Å². The van der Waals surface area contributed by atoms with E-state index in [0.717, 1.165) is 31.4 Å². The Hall–Kier alpha value is -1.46. The number of carbonyl (C=O) groups is 2. The van der Waals surface area contributed by atoms with Crippen LogP contribution in [0.1, 0.15) is 30.9 Å². The number of ketones is 1. The van der Waals surface area contributed by atoms with Gasteiger partial charge in [-0.25, -0.2) is 4.39 Å². The molecular weight excluding hydrogens is 313 g/mol. The first-order chi connectivity index (χ1) is 11.1. The van der Waals surface area contributed by atoms with Crippen molar-refractivity contribution in [3.63, 3.8) is 0 Å². The number of piperidine rings is 1. The maximum absolute atomic E-state index is 14.3. The number of fused-ring (bicyclic) bond motifs is 1. The third kappa shape index (κ3) is 2.88. The molecule has 0 bridgehead atoms. The number of thioether (sulfide) groups is 1. The number of halogens is 1. The van der Waals surface area contributed by atoms with Gasteiger partial charge in [0.05, 0.1) is 6.04 Å². The van der Waals surface area contributed by atoms with Crippen molar-refractivity contribution >= 4 is 22.7 Å². The first-order valence-corrected chi connectivity index (χ1v) is 8.95. The highest BCUT2D eigenvalue weighted by Gasteiger charge is 2.42. The number of carbonyl (C=O) groups excluding carboxylic acids is 2. The summed E-state index contributed by atoms with van der Waals surface area (Å²) in [4.78, 5) is 26.5. The SMILES string of the molecule is O=C1C=C2CN([C@H](C(=O)C3CC3)c3ccccc3F)CCC2S1. The first kappa shape index (κ1) is 15.1. The molecule has 1 aliphatic carbocycles. The van der Waals surface area contributed by atoms with Gasteiger partial charge in [-0.1, -0.05) is 30.0 Å². The number of hydrogen-bond acceptors (Lipinski definition) is 4. The lowest BCUT2D eigenvalue weighted by Crippen LogP contribution is -2.42. The van der Waals surface area contributed by atoms with Crippen molar-refractivity contribution in [3.05, 3.63) is 47.3 Å². The van der Waals surface area contributed by atoms with Crippen molar-refractivity contribution in [2.75, 3.05) is 13.1 Å². The average molecular weight is 331 g/mol. The van der Waals surface area contributed by atoms with Gasteiger partial charge >= 0.3 is 0 Å². The Morgan fingerprint density at radius 3 is 2.78 bits per heavy atom. The highest BCUT2D eigenvalue weighted by Crippen LogP contribution is 2.41. The van der Waals surface area contributed by atoms with Crippen LogP contribution in [0.2, 0.25) is 0 Å². The van der Waals surface area contributed by atoms with Crippen molar-refractivity contribution in [1.29, 1.82) is 0 Å². The van der Waals surface area contributed by atoms with Crippen molar-refractivity contribution in [2.24, 2.45) is 5.92 Å². The molecule has 1 unspecified atom stereocenters. The summed E-state index contributed by atoms with van der Waals surface area (Å²) < 4.78 is 14.3. The monoisotopic (exact) mass is 331 g/mol. The molecular formula is C18H18FNO2S. The van der Waals surface area contributed by atoms with Crippen LogP contribution in [-0.2, 0) is 9.59 Å². The van der Waals surface area contributed by atoms with Crippen LogP contribution in [-0.4, -0.2) is 34.1 Å². The van der Waals surface area contributed by atoms with Crippen LogP contribution in [0, 0.1) is 11.7 Å². The second-order valence-corrected chi connectivity index (χ2v) is 7.71. The molecule has 1 aromatic rings. The highest BCUT2D eigenvalue weighted by molar-refractivity contribution is 8.15. The molecule has 2 heterocycles. The minimum absolute atomic E-state index is 0.0749. The van der Waals surface area contributed by atoms with E-state index < -0.39 is 6.04 Å². The van der Waals surface area contributed by atoms with Gasteiger partial charge in [-0.15, -0.1) is 0 Å². The Morgan fingerprint density at radius 2 is 2.04 bits per heavy atom. The van der Waals surface area contributed by atoms with Gasteiger partial charge in [0.25, 0.3) is 0 Å². The number of likely N-dealkylation sites (tertiary alicyclic amines) is 1. The lowest BCUT2D eigenvalue weighted by molar-refractivity contribution is -0.126. The molecule has 3 nitrogen and oxygen atoms in total. The molecule has 0 aromatic heterocycles. The Balaban J connectivity index is 1.66. The summed E-state index contributed by atoms with van der Waals surface area (Å²) in [6.45, 7) is 1.31. The predicted octanol–water partition coefficient (Wildman–Crippen LogP) is 3.12. The van der Waals surface area contributed by atoms with E-state index >= 15 is 0 Å². The van der Waals surface area contributed by atoms with Gasteiger partial charge in [0.1, 0.15) is 5.82 Å². The molecule has 120 valence electrons. The molecule has 0 amide bonds. The van der Waals surface area contributed by atoms with E-state index in [1.165, 1.54) is 17.8 Å². The first-order valence-electron chi connectivity index (χ1n) is 8.07. The van der Waals surface area contributed by atoms with E-state index in [4.69, 9.17) is 0 Å². The van der Waals surface area contributed by atoms with Crippen molar-refractivity contribution < 1.29 is 14.0 Å². The second kappa shape index (κ2) is 5.87. The zero-order valence-corrected chi connectivity index (χ0v) is 13.5. The molecule has 2 fully saturated rings. The molecule has 5 heteroatoms. The van der Waals surface area contributed by atoms with E-state index in [9.17, 15) is 14.0 Å². The summed E-state index contributed by atoms with van der Waals surface area (Å²) in [5.41, 5.74) is 1.55. The fraction of sp³-hybridized carbons (Fsp3) is 0.444. The summed E-state index contributed by atoms with van der Waals surface area (Å²) in [6, 6.07) is 6.05. The molecule has 0 radical (unpaired) electrons. The third-order valence-corrected chi connectivity index (χ3v) is 6.03. The Bertz CT molecular complexity index is 698. The summed E-state index contributed by atoms with van der Waals surface area (Å²) in [6.07, 6.45) is 4.36. The van der Waals surface area contributed by atoms with Gasteiger partial charge in [0, 0.05) is 29.8 Å². The molecule has 0 spiro atoms. The van der Waals surface area contributed by atoms with Crippen molar-refractivity contribution in [1.82, 2.24) is 4.90 Å². The molecule has 4 rings (SSSR count). The predicted molar refractivity (Wildman–Crippen MR) is 87.5 cm³/mol. The second-order valence-electron chi connectivity index (χ2n) is 6.50. The summed E-state index contributed by atoms with van der Waals surface area (Å²) in [5, 5.41) is 0.346. The molecule has 3 aliphatic rings. The average Bonchev–Trinajstić information content (AvgIpc) is 3.31. The van der Waals surface area contributed by atoms with Crippen LogP contribution in [0.3, 0.4) is 0 Å². The molecule has 1 saturated heterocycles. The minimum atomic E-state index is -0.522. The van der Waals surface area contributed by atoms with Gasteiger partial charge < -0.3 is 0 Å². The van der Waals surface area contributed by atoms with E-state index in [-0.39, 0.29) is 27.9 Å². The van der Waals surface area contributed by atoms with Gasteiger partial charge in [0.2, 0.25) is 5.12 Å². The number of Topliss-reactive ketones (excluding diaryl/α,β-unsaturated/α-hetero) is 1. The van der Waals surface area contributed by atoms with Crippen molar-refractivity contribution in [2.45, 2.75) is 30.6 Å². The normalized spacial score (nSPS) is 25.9. The smallest absolute Gasteiger partial charge is 0.212 e. The van der Waals surface area contributed by atoms with Gasteiger partial charge in [-0.05, 0) is 37.0 Å². The molecule has 23 heavy (non-hydrogen) atoms. The lowest BCUT2D eigenvalue weighted by atomic mass is 9.94. The minimum Gasteiger partial charge on any atom is -0.297 e. The Morgan fingerprint density at radius 1 is 1.26 bits per heavy atom. The zero-order chi connectivity index (χ0) is 16.0. The van der Waals surface area contributed by atoms with Crippen LogP contribution in [0.25, 0.3) is 0 Å². The van der Waals surface area contributed by atoms with Crippen LogP contribution in [0.5, 0.6) is 0 Å². The maximum Gasteiger partial charge on any atom is 0.212 e. The number of benzene rings is 1. The van der Waals surface area contributed by atoms with E-state index in [1.807, 2.05) is 0 Å². The molecule has 2 atom stereocenters. The van der Waals surface area contributed by atoms with E-state index in [2.05, 4.69) is 4.90 Å². The molecule has 1 saturated carbocycles. The number of nitrogens with zero attached hydrogens (tertiary/aromatic N) is 1. The zero-order valence-electron chi connectivity index (χ0n) is 12.7. The summed E-state index contributed by atoms with van der Waals surface area (Å²) in [5.74, 6) is -0.114. The Kier molecular flexibility index (Phi) is 3.85. The summed E-state index contributed by atoms with van der Waals surface area (Å²) >= 11 is 1.37. The standard InChI is InChI=1S/C18H18FNO2S/c19-14-4-2-1-3-13(14)17(18(22)11-5-6-11)20-8-7-15-12(10-20)9-16(21)23-15/h1-4,9,11,15,17H,5-8,10H2/t15?,17-/m0/s1. The maximum atomic E-state index is 14.3. The third-order valence-electron chi connectivity index (χ3n) is 4.85. The van der Waals surface area contributed by atoms with Crippen LogP contribution < -0.4 is 0 Å². The Labute approximate surface area is 138 Å². The largest absolute Gasteiger partial charge is 0.297 e. The number of hydrogen-bond donors (Lipinski definition) is 0. The highest BCUT2D eigenvalue weighted by atomic mass is 32.2. The molecule has 0 N–H and O–H groups in total. The fourth-order valence-corrected chi connectivity index (χ4v) is 4.54. The van der Waals surface area contributed by atoms with E-state index in [1.54, 1.807) is 24.3 Å². The number of rotatable bonds is 4. The summed E-state index contributed by atoms with van der Waals surface area (Å²) in [7, 11) is 0. The van der Waals surface area contributed by atoms with Crippen molar-refractivity contribution in [3.8, 4) is 0 Å². The molecule has 2 aliphatic heterocycles. The fourth-order valence-electron chi connectivity index (χ4n) is 3.52. The van der Waals surface area contributed by atoms with Crippen LogP contribution in [0.15, 0.2) is 35.9 Å². The van der Waals surface area contributed by atoms with Gasteiger partial charge in [-0.3, -0.25) is 14.5 Å².